The summed E-state index contributed by atoms with van der Waals surface area (Å²) in [6.45, 7) is 2.09. The van der Waals surface area contributed by atoms with Crippen LogP contribution in [-0.2, 0) is 17.8 Å². The summed E-state index contributed by atoms with van der Waals surface area (Å²) in [6, 6.07) is 10.9. The highest BCUT2D eigenvalue weighted by Gasteiger charge is 2.40. The highest BCUT2D eigenvalue weighted by molar-refractivity contribution is 7.18. The molecule has 0 bridgehead atoms. The monoisotopic (exact) mass is 397 g/mol. The minimum atomic E-state index is 0.193. The predicted molar refractivity (Wildman–Crippen MR) is 111 cm³/mol. The van der Waals surface area contributed by atoms with Crippen LogP contribution in [-0.4, -0.2) is 40.8 Å². The minimum Gasteiger partial charge on any atom is -0.338 e. The first-order valence-electron chi connectivity index (χ1n) is 9.58. The SMILES string of the molecule is CN(Cc1nc2ccccc2s1)C(=O)CN1CCc2sccc2[C@@H]1C1CC1. The predicted octanol–water partition coefficient (Wildman–Crippen LogP) is 4.33. The number of carbonyl (C=O) groups is 1. The summed E-state index contributed by atoms with van der Waals surface area (Å²) in [5, 5.41) is 3.22. The van der Waals surface area contributed by atoms with Crippen LogP contribution in [0.4, 0.5) is 0 Å². The van der Waals surface area contributed by atoms with Crippen LogP contribution in [0.25, 0.3) is 10.2 Å². The number of likely N-dealkylation sites (N-methyl/N-ethyl adjacent to an activating group) is 1. The first kappa shape index (κ1) is 17.3. The lowest BCUT2D eigenvalue weighted by Crippen LogP contribution is -2.43. The molecule has 0 unspecified atom stereocenters. The fourth-order valence-corrected chi connectivity index (χ4v) is 6.05. The second kappa shape index (κ2) is 7.00. The van der Waals surface area contributed by atoms with Gasteiger partial charge in [0.1, 0.15) is 5.01 Å². The van der Waals surface area contributed by atoms with Crippen molar-refractivity contribution < 1.29 is 4.79 Å². The number of hydrogen-bond acceptors (Lipinski definition) is 5. The van der Waals surface area contributed by atoms with Crippen LogP contribution in [0.15, 0.2) is 35.7 Å². The third kappa shape index (κ3) is 3.42. The lowest BCUT2D eigenvalue weighted by molar-refractivity contribution is -0.132. The summed E-state index contributed by atoms with van der Waals surface area (Å²) in [5.41, 5.74) is 2.50. The molecule has 1 atom stereocenters. The van der Waals surface area contributed by atoms with Gasteiger partial charge in [-0.3, -0.25) is 9.69 Å². The topological polar surface area (TPSA) is 36.4 Å². The van der Waals surface area contributed by atoms with Gasteiger partial charge in [-0.2, -0.15) is 0 Å². The van der Waals surface area contributed by atoms with Crippen LogP contribution >= 0.6 is 22.7 Å². The van der Waals surface area contributed by atoms with E-state index in [-0.39, 0.29) is 5.91 Å². The Morgan fingerprint density at radius 1 is 1.30 bits per heavy atom. The molecular weight excluding hydrogens is 374 g/mol. The van der Waals surface area contributed by atoms with Gasteiger partial charge < -0.3 is 4.90 Å². The summed E-state index contributed by atoms with van der Waals surface area (Å²) in [4.78, 5) is 23.4. The van der Waals surface area contributed by atoms with Crippen molar-refractivity contribution in [1.82, 2.24) is 14.8 Å². The standard InChI is InChI=1S/C21H23N3OS2/c1-23(12-19-22-16-4-2-3-5-18(16)27-19)20(25)13-24-10-8-17-15(9-11-26-17)21(24)14-6-7-14/h2-5,9,11,14,21H,6-8,10,12-13H2,1H3/t21-/m0/s1. The van der Waals surface area contributed by atoms with E-state index in [1.807, 2.05) is 41.5 Å². The number of carbonyl (C=O) groups excluding carboxylic acids is 1. The van der Waals surface area contributed by atoms with E-state index >= 15 is 0 Å². The first-order valence-corrected chi connectivity index (χ1v) is 11.3. The molecule has 1 aromatic carbocycles. The van der Waals surface area contributed by atoms with Crippen molar-refractivity contribution >= 4 is 38.8 Å². The molecule has 1 fully saturated rings. The Bertz CT molecular complexity index is 942. The largest absolute Gasteiger partial charge is 0.338 e. The van der Waals surface area contributed by atoms with E-state index < -0.39 is 0 Å². The molecule has 3 heterocycles. The molecule has 1 aliphatic heterocycles. The van der Waals surface area contributed by atoms with E-state index in [0.717, 1.165) is 29.4 Å². The number of rotatable bonds is 5. The summed E-state index contributed by atoms with van der Waals surface area (Å²) in [7, 11) is 1.90. The fraction of sp³-hybridized carbons (Fsp3) is 0.429. The number of thiophene rings is 1. The zero-order valence-electron chi connectivity index (χ0n) is 15.4. The van der Waals surface area contributed by atoms with Crippen molar-refractivity contribution in [2.45, 2.75) is 31.8 Å². The molecule has 4 nitrogen and oxygen atoms in total. The van der Waals surface area contributed by atoms with Gasteiger partial charge in [0.2, 0.25) is 5.91 Å². The molecule has 1 saturated carbocycles. The number of hydrogen-bond donors (Lipinski definition) is 0. The van der Waals surface area contributed by atoms with Gasteiger partial charge in [-0.1, -0.05) is 12.1 Å². The molecule has 3 aromatic rings. The molecular formula is C21H23N3OS2. The number of amides is 1. The van der Waals surface area contributed by atoms with Gasteiger partial charge in [-0.25, -0.2) is 4.98 Å². The van der Waals surface area contributed by atoms with Crippen molar-refractivity contribution in [2.24, 2.45) is 5.92 Å². The second-order valence-electron chi connectivity index (χ2n) is 7.63. The highest BCUT2D eigenvalue weighted by atomic mass is 32.1. The number of fused-ring (bicyclic) bond motifs is 2. The Morgan fingerprint density at radius 3 is 2.96 bits per heavy atom. The van der Waals surface area contributed by atoms with Crippen LogP contribution in [0.3, 0.4) is 0 Å². The second-order valence-corrected chi connectivity index (χ2v) is 9.74. The summed E-state index contributed by atoms with van der Waals surface area (Å²) in [5.74, 6) is 0.930. The zero-order valence-corrected chi connectivity index (χ0v) is 17.1. The number of benzene rings is 1. The van der Waals surface area contributed by atoms with Crippen molar-refractivity contribution in [3.05, 3.63) is 51.2 Å². The number of para-hydroxylation sites is 1. The lowest BCUT2D eigenvalue weighted by atomic mass is 9.96. The average Bonchev–Trinajstić information content (AvgIpc) is 3.24. The maximum atomic E-state index is 12.9. The Morgan fingerprint density at radius 2 is 2.15 bits per heavy atom. The number of aromatic nitrogens is 1. The minimum absolute atomic E-state index is 0.193. The maximum Gasteiger partial charge on any atom is 0.236 e. The van der Waals surface area contributed by atoms with Crippen LogP contribution in [0, 0.1) is 5.92 Å². The van der Waals surface area contributed by atoms with Gasteiger partial charge >= 0.3 is 0 Å². The quantitative estimate of drug-likeness (QED) is 0.643. The van der Waals surface area contributed by atoms with Gasteiger partial charge in [-0.15, -0.1) is 22.7 Å². The molecule has 0 saturated heterocycles. The fourth-order valence-electron chi connectivity index (χ4n) is 4.11. The Hall–Kier alpha value is -1.76. The average molecular weight is 398 g/mol. The maximum absolute atomic E-state index is 12.9. The molecule has 2 aromatic heterocycles. The van der Waals surface area contributed by atoms with Gasteiger partial charge in [0.15, 0.2) is 0 Å². The Kier molecular flexibility index (Phi) is 4.50. The molecule has 1 amide bonds. The molecule has 140 valence electrons. The van der Waals surface area contributed by atoms with Gasteiger partial charge in [0.05, 0.1) is 23.3 Å². The summed E-state index contributed by atoms with van der Waals surface area (Å²) >= 11 is 3.56. The number of nitrogens with zero attached hydrogens (tertiary/aromatic N) is 3. The van der Waals surface area contributed by atoms with E-state index in [4.69, 9.17) is 0 Å². The van der Waals surface area contributed by atoms with E-state index in [1.165, 1.54) is 28.0 Å². The van der Waals surface area contributed by atoms with Crippen LogP contribution in [0.1, 0.15) is 34.3 Å². The smallest absolute Gasteiger partial charge is 0.236 e. The van der Waals surface area contributed by atoms with Gasteiger partial charge in [0, 0.05) is 24.5 Å². The van der Waals surface area contributed by atoms with Crippen LogP contribution < -0.4 is 0 Å². The van der Waals surface area contributed by atoms with Crippen molar-refractivity contribution in [2.75, 3.05) is 20.1 Å². The molecule has 0 N–H and O–H groups in total. The van der Waals surface area contributed by atoms with E-state index in [9.17, 15) is 4.79 Å². The molecule has 0 spiro atoms. The van der Waals surface area contributed by atoms with E-state index in [1.54, 1.807) is 11.3 Å². The third-order valence-electron chi connectivity index (χ3n) is 5.66. The molecule has 6 heteroatoms. The van der Waals surface area contributed by atoms with Gasteiger partial charge in [0.25, 0.3) is 0 Å². The molecule has 27 heavy (non-hydrogen) atoms. The van der Waals surface area contributed by atoms with E-state index in [2.05, 4.69) is 27.4 Å². The third-order valence-corrected chi connectivity index (χ3v) is 7.68. The van der Waals surface area contributed by atoms with Crippen molar-refractivity contribution in [3.63, 3.8) is 0 Å². The molecule has 0 radical (unpaired) electrons. The summed E-state index contributed by atoms with van der Waals surface area (Å²) < 4.78 is 1.18. The zero-order chi connectivity index (χ0) is 18.4. The molecule has 5 rings (SSSR count). The number of thiazole rings is 1. The lowest BCUT2D eigenvalue weighted by Gasteiger charge is -2.36. The Labute approximate surface area is 167 Å². The van der Waals surface area contributed by atoms with Gasteiger partial charge in [-0.05, 0) is 54.3 Å². The Balaban J connectivity index is 1.28. The summed E-state index contributed by atoms with van der Waals surface area (Å²) in [6.07, 6.45) is 3.67. The van der Waals surface area contributed by atoms with E-state index in [0.29, 0.717) is 19.1 Å². The molecule has 1 aliphatic carbocycles. The van der Waals surface area contributed by atoms with Crippen LogP contribution in [0.5, 0.6) is 0 Å². The first-order chi connectivity index (χ1) is 13.2. The van der Waals surface area contributed by atoms with Crippen molar-refractivity contribution in [1.29, 1.82) is 0 Å². The van der Waals surface area contributed by atoms with Crippen LogP contribution in [0.2, 0.25) is 0 Å². The molecule has 2 aliphatic rings. The normalized spacial score (nSPS) is 20.0. The highest BCUT2D eigenvalue weighted by Crippen LogP contribution is 2.48. The van der Waals surface area contributed by atoms with Crippen molar-refractivity contribution in [3.8, 4) is 0 Å².